The van der Waals surface area contributed by atoms with Gasteiger partial charge in [-0.1, -0.05) is 0 Å². The first-order chi connectivity index (χ1) is 8.44. The van der Waals surface area contributed by atoms with E-state index < -0.39 is 11.4 Å². The summed E-state index contributed by atoms with van der Waals surface area (Å²) in [5.41, 5.74) is 0.199. The number of likely N-dealkylation sites (tertiary alicyclic amines) is 1. The highest BCUT2D eigenvalue weighted by molar-refractivity contribution is 5.95. The fourth-order valence-corrected chi connectivity index (χ4v) is 2.08. The Hall–Kier alpha value is -1.98. The standard InChI is InChI=1S/C12H15N3O3/c1-8-9(5-13-7-14-8)10(16)15-4-3-12(2,6-15)11(17)18/h5,7H,3-4,6H2,1-2H3,(H,17,18). The van der Waals surface area contributed by atoms with E-state index in [0.29, 0.717) is 24.2 Å². The first kappa shape index (κ1) is 12.5. The van der Waals surface area contributed by atoms with Crippen LogP contribution in [0.25, 0.3) is 0 Å². The van der Waals surface area contributed by atoms with Crippen molar-refractivity contribution in [3.05, 3.63) is 23.8 Å². The van der Waals surface area contributed by atoms with Crippen molar-refractivity contribution in [2.24, 2.45) is 5.41 Å². The molecule has 0 aliphatic carbocycles. The summed E-state index contributed by atoms with van der Waals surface area (Å²) in [6, 6.07) is 0. The van der Waals surface area contributed by atoms with Crippen molar-refractivity contribution in [1.82, 2.24) is 14.9 Å². The van der Waals surface area contributed by atoms with E-state index in [1.165, 1.54) is 12.5 Å². The molecule has 0 aromatic carbocycles. The molecule has 0 saturated carbocycles. The van der Waals surface area contributed by atoms with Gasteiger partial charge in [0.1, 0.15) is 6.33 Å². The molecule has 1 saturated heterocycles. The Morgan fingerprint density at radius 1 is 1.50 bits per heavy atom. The maximum absolute atomic E-state index is 12.2. The highest BCUT2D eigenvalue weighted by atomic mass is 16.4. The molecule has 18 heavy (non-hydrogen) atoms. The number of hydrogen-bond acceptors (Lipinski definition) is 4. The number of aliphatic carboxylic acids is 1. The van der Waals surface area contributed by atoms with Gasteiger partial charge in [-0.25, -0.2) is 9.97 Å². The number of hydrogen-bond donors (Lipinski definition) is 1. The van der Waals surface area contributed by atoms with E-state index >= 15 is 0 Å². The lowest BCUT2D eigenvalue weighted by Gasteiger charge is -2.20. The molecule has 2 heterocycles. The van der Waals surface area contributed by atoms with Crippen LogP contribution in [-0.4, -0.2) is 44.9 Å². The normalized spacial score (nSPS) is 23.1. The second-order valence-electron chi connectivity index (χ2n) is 4.86. The van der Waals surface area contributed by atoms with Crippen LogP contribution in [0.1, 0.15) is 29.4 Å². The van der Waals surface area contributed by atoms with E-state index in [2.05, 4.69) is 9.97 Å². The lowest BCUT2D eigenvalue weighted by Crippen LogP contribution is -2.35. The minimum absolute atomic E-state index is 0.196. The predicted molar refractivity (Wildman–Crippen MR) is 63.0 cm³/mol. The Bertz CT molecular complexity index is 503. The summed E-state index contributed by atoms with van der Waals surface area (Å²) in [7, 11) is 0. The molecule has 2 rings (SSSR count). The van der Waals surface area contributed by atoms with Crippen molar-refractivity contribution >= 4 is 11.9 Å². The molecule has 6 heteroatoms. The molecular weight excluding hydrogens is 234 g/mol. The van der Waals surface area contributed by atoms with Gasteiger partial charge in [0.15, 0.2) is 0 Å². The van der Waals surface area contributed by atoms with Gasteiger partial charge in [-0.3, -0.25) is 9.59 Å². The predicted octanol–water partition coefficient (Wildman–Crippen LogP) is 0.722. The first-order valence-corrected chi connectivity index (χ1v) is 5.73. The molecule has 0 spiro atoms. The Balaban J connectivity index is 2.18. The third-order valence-electron chi connectivity index (χ3n) is 3.42. The third kappa shape index (κ3) is 2.05. The maximum Gasteiger partial charge on any atom is 0.311 e. The molecule has 6 nitrogen and oxygen atoms in total. The topological polar surface area (TPSA) is 83.4 Å². The van der Waals surface area contributed by atoms with Gasteiger partial charge in [-0.15, -0.1) is 0 Å². The quantitative estimate of drug-likeness (QED) is 0.835. The Morgan fingerprint density at radius 2 is 2.22 bits per heavy atom. The van der Waals surface area contributed by atoms with Gasteiger partial charge < -0.3 is 10.0 Å². The lowest BCUT2D eigenvalue weighted by atomic mass is 9.90. The maximum atomic E-state index is 12.2. The zero-order valence-electron chi connectivity index (χ0n) is 10.4. The van der Waals surface area contributed by atoms with Crippen LogP contribution in [0.2, 0.25) is 0 Å². The summed E-state index contributed by atoms with van der Waals surface area (Å²) in [6.45, 7) is 4.09. The molecule has 96 valence electrons. The summed E-state index contributed by atoms with van der Waals surface area (Å²) in [5, 5.41) is 9.13. The van der Waals surface area contributed by atoms with Gasteiger partial charge >= 0.3 is 5.97 Å². The second-order valence-corrected chi connectivity index (χ2v) is 4.86. The third-order valence-corrected chi connectivity index (χ3v) is 3.42. The molecule has 1 aromatic rings. The minimum Gasteiger partial charge on any atom is -0.481 e. The number of carbonyl (C=O) groups excluding carboxylic acids is 1. The number of rotatable bonds is 2. The number of carboxylic acid groups (broad SMARTS) is 1. The van der Waals surface area contributed by atoms with Crippen LogP contribution in [-0.2, 0) is 4.79 Å². The van der Waals surface area contributed by atoms with E-state index in [9.17, 15) is 9.59 Å². The van der Waals surface area contributed by atoms with Gasteiger partial charge in [0.05, 0.1) is 16.7 Å². The fourth-order valence-electron chi connectivity index (χ4n) is 2.08. The van der Waals surface area contributed by atoms with Crippen LogP contribution in [0, 0.1) is 12.3 Å². The lowest BCUT2D eigenvalue weighted by molar-refractivity contribution is -0.147. The molecule has 1 aromatic heterocycles. The molecule has 1 fully saturated rings. The number of amides is 1. The van der Waals surface area contributed by atoms with Crippen LogP contribution in [0.5, 0.6) is 0 Å². The van der Waals surface area contributed by atoms with Crippen molar-refractivity contribution in [2.75, 3.05) is 13.1 Å². The van der Waals surface area contributed by atoms with Crippen molar-refractivity contribution in [3.8, 4) is 0 Å². The molecule has 1 unspecified atom stereocenters. The van der Waals surface area contributed by atoms with Crippen LogP contribution >= 0.6 is 0 Å². The average Bonchev–Trinajstić information content (AvgIpc) is 2.73. The number of carboxylic acids is 1. The molecule has 1 aliphatic rings. The van der Waals surface area contributed by atoms with Crippen molar-refractivity contribution < 1.29 is 14.7 Å². The van der Waals surface area contributed by atoms with Crippen molar-refractivity contribution in [1.29, 1.82) is 0 Å². The molecular formula is C12H15N3O3. The van der Waals surface area contributed by atoms with Crippen LogP contribution < -0.4 is 0 Å². The summed E-state index contributed by atoms with van der Waals surface area (Å²) in [4.78, 5) is 32.7. The SMILES string of the molecule is Cc1ncncc1C(=O)N1CCC(C)(C(=O)O)C1. The molecule has 1 atom stereocenters. The molecule has 1 N–H and O–H groups in total. The average molecular weight is 249 g/mol. The monoisotopic (exact) mass is 249 g/mol. The summed E-state index contributed by atoms with van der Waals surface area (Å²) in [5.74, 6) is -1.06. The minimum atomic E-state index is -0.862. The first-order valence-electron chi connectivity index (χ1n) is 5.73. The molecule has 0 bridgehead atoms. The van der Waals surface area contributed by atoms with Gasteiger partial charge in [-0.2, -0.15) is 0 Å². The van der Waals surface area contributed by atoms with E-state index in [-0.39, 0.29) is 12.5 Å². The van der Waals surface area contributed by atoms with Crippen molar-refractivity contribution in [2.45, 2.75) is 20.3 Å². The van der Waals surface area contributed by atoms with Crippen molar-refractivity contribution in [3.63, 3.8) is 0 Å². The number of carbonyl (C=O) groups is 2. The fraction of sp³-hybridized carbons (Fsp3) is 0.500. The van der Waals surface area contributed by atoms with Gasteiger partial charge in [0.25, 0.3) is 5.91 Å². The summed E-state index contributed by atoms with van der Waals surface area (Å²) >= 11 is 0. The zero-order valence-corrected chi connectivity index (χ0v) is 10.4. The highest BCUT2D eigenvalue weighted by Crippen LogP contribution is 2.31. The van der Waals surface area contributed by atoms with E-state index in [1.54, 1.807) is 18.7 Å². The Kier molecular flexibility index (Phi) is 3.02. The largest absolute Gasteiger partial charge is 0.481 e. The van der Waals surface area contributed by atoms with E-state index in [0.717, 1.165) is 0 Å². The smallest absolute Gasteiger partial charge is 0.311 e. The summed E-state index contributed by atoms with van der Waals surface area (Å²) in [6.07, 6.45) is 3.33. The Labute approximate surface area is 105 Å². The van der Waals surface area contributed by atoms with Crippen LogP contribution in [0.3, 0.4) is 0 Å². The van der Waals surface area contributed by atoms with Crippen LogP contribution in [0.4, 0.5) is 0 Å². The number of nitrogens with zero attached hydrogens (tertiary/aromatic N) is 3. The van der Waals surface area contributed by atoms with Crippen LogP contribution in [0.15, 0.2) is 12.5 Å². The van der Waals surface area contributed by atoms with Gasteiger partial charge in [0.2, 0.25) is 0 Å². The number of aryl methyl sites for hydroxylation is 1. The second kappa shape index (κ2) is 4.36. The molecule has 1 amide bonds. The summed E-state index contributed by atoms with van der Waals surface area (Å²) < 4.78 is 0. The molecule has 1 aliphatic heterocycles. The van der Waals surface area contributed by atoms with E-state index in [4.69, 9.17) is 5.11 Å². The highest BCUT2D eigenvalue weighted by Gasteiger charge is 2.42. The molecule has 0 radical (unpaired) electrons. The zero-order chi connectivity index (χ0) is 13.3. The van der Waals surface area contributed by atoms with E-state index in [1.807, 2.05) is 0 Å². The Morgan fingerprint density at radius 3 is 2.78 bits per heavy atom. The van der Waals surface area contributed by atoms with Gasteiger partial charge in [0, 0.05) is 19.3 Å². The van der Waals surface area contributed by atoms with Gasteiger partial charge in [-0.05, 0) is 20.3 Å². The number of aromatic nitrogens is 2.